The van der Waals surface area contributed by atoms with E-state index in [0.717, 1.165) is 70.7 Å². The third-order valence-corrected chi connectivity index (χ3v) is 6.55. The van der Waals surface area contributed by atoms with Crippen LogP contribution < -0.4 is 5.32 Å². The molecule has 2 saturated heterocycles. The molecule has 152 valence electrons. The molecule has 1 aliphatic carbocycles. The van der Waals surface area contributed by atoms with Crippen LogP contribution in [0.2, 0.25) is 0 Å². The maximum Gasteiger partial charge on any atom is 0.234 e. The maximum absolute atomic E-state index is 12.7. The Balaban J connectivity index is 1.31. The van der Waals surface area contributed by atoms with Crippen molar-refractivity contribution in [3.8, 4) is 0 Å². The maximum atomic E-state index is 12.7. The van der Waals surface area contributed by atoms with Gasteiger partial charge in [0.1, 0.15) is 0 Å². The first-order valence-electron chi connectivity index (χ1n) is 11.1. The molecule has 2 heterocycles. The van der Waals surface area contributed by atoms with Crippen LogP contribution in [-0.4, -0.2) is 60.9 Å². The van der Waals surface area contributed by atoms with Gasteiger partial charge in [0.05, 0.1) is 6.54 Å². The lowest BCUT2D eigenvalue weighted by Gasteiger charge is -2.36. The van der Waals surface area contributed by atoms with Gasteiger partial charge in [-0.25, -0.2) is 0 Å². The highest BCUT2D eigenvalue weighted by molar-refractivity contribution is 5.79. The fourth-order valence-corrected chi connectivity index (χ4v) is 4.58. The number of allylic oxidation sites excluding steroid dienone is 1. The summed E-state index contributed by atoms with van der Waals surface area (Å²) in [5, 5.41) is 3.07. The Kier molecular flexibility index (Phi) is 7.74. The van der Waals surface area contributed by atoms with Crippen molar-refractivity contribution >= 4 is 11.8 Å². The van der Waals surface area contributed by atoms with Gasteiger partial charge in [0.2, 0.25) is 11.8 Å². The number of likely N-dealkylation sites (tertiary alicyclic amines) is 2. The topological polar surface area (TPSA) is 52.7 Å². The van der Waals surface area contributed by atoms with Crippen molar-refractivity contribution in [2.75, 3.05) is 39.3 Å². The lowest BCUT2D eigenvalue weighted by Crippen LogP contribution is -2.47. The summed E-state index contributed by atoms with van der Waals surface area (Å²) in [5.74, 6) is 1.40. The zero-order valence-corrected chi connectivity index (χ0v) is 17.0. The van der Waals surface area contributed by atoms with Crippen LogP contribution in [0.1, 0.15) is 64.7 Å². The Morgan fingerprint density at radius 2 is 1.81 bits per heavy atom. The van der Waals surface area contributed by atoms with Crippen LogP contribution in [0.4, 0.5) is 0 Å². The summed E-state index contributed by atoms with van der Waals surface area (Å²) >= 11 is 0. The van der Waals surface area contributed by atoms with Crippen molar-refractivity contribution < 1.29 is 9.59 Å². The second kappa shape index (κ2) is 10.3. The Morgan fingerprint density at radius 3 is 2.48 bits per heavy atom. The molecule has 0 radical (unpaired) electrons. The molecular formula is C22H37N3O2. The zero-order valence-electron chi connectivity index (χ0n) is 17.0. The Labute approximate surface area is 164 Å². The molecule has 2 amide bonds. The first-order valence-corrected chi connectivity index (χ1v) is 11.1. The van der Waals surface area contributed by atoms with Gasteiger partial charge in [0, 0.05) is 25.6 Å². The smallest absolute Gasteiger partial charge is 0.234 e. The van der Waals surface area contributed by atoms with Crippen LogP contribution in [0.15, 0.2) is 11.6 Å². The number of carbonyl (C=O) groups is 2. The molecule has 3 aliphatic rings. The molecule has 0 saturated carbocycles. The van der Waals surface area contributed by atoms with Crippen LogP contribution >= 0.6 is 0 Å². The summed E-state index contributed by atoms with van der Waals surface area (Å²) in [6, 6.07) is 0. The summed E-state index contributed by atoms with van der Waals surface area (Å²) in [6.07, 6.45) is 12.4. The number of hydrogen-bond donors (Lipinski definition) is 1. The number of hydrogen-bond acceptors (Lipinski definition) is 3. The molecule has 0 spiro atoms. The summed E-state index contributed by atoms with van der Waals surface area (Å²) in [5.41, 5.74) is 1.51. The lowest BCUT2D eigenvalue weighted by molar-refractivity contribution is -0.138. The van der Waals surface area contributed by atoms with Crippen molar-refractivity contribution in [1.29, 1.82) is 0 Å². The van der Waals surface area contributed by atoms with Crippen LogP contribution in [0, 0.1) is 11.8 Å². The zero-order chi connectivity index (χ0) is 19.1. The highest BCUT2D eigenvalue weighted by atomic mass is 16.2. The minimum atomic E-state index is 0.126. The molecule has 2 aliphatic heterocycles. The van der Waals surface area contributed by atoms with Crippen molar-refractivity contribution in [3.05, 3.63) is 11.6 Å². The van der Waals surface area contributed by atoms with E-state index in [-0.39, 0.29) is 11.8 Å². The fraction of sp³-hybridized carbons (Fsp3) is 0.818. The molecule has 2 fully saturated rings. The standard InChI is InChI=1S/C22H37N3O2/c1-18-8-15-25(16-9-18)22(27)20-10-13-24(14-11-20)17-21(26)23-12-7-19-5-3-2-4-6-19/h5,18,20H,2-4,6-17H2,1H3,(H,23,26). The fourth-order valence-electron chi connectivity index (χ4n) is 4.58. The number of nitrogens with one attached hydrogen (secondary N) is 1. The molecule has 5 nitrogen and oxygen atoms in total. The quantitative estimate of drug-likeness (QED) is 0.726. The highest BCUT2D eigenvalue weighted by Crippen LogP contribution is 2.23. The molecule has 3 rings (SSSR count). The van der Waals surface area contributed by atoms with Gasteiger partial charge in [-0.3, -0.25) is 14.5 Å². The third kappa shape index (κ3) is 6.34. The van der Waals surface area contributed by atoms with Gasteiger partial charge in [0.15, 0.2) is 0 Å². The van der Waals surface area contributed by atoms with Gasteiger partial charge >= 0.3 is 0 Å². The van der Waals surface area contributed by atoms with E-state index in [0.29, 0.717) is 12.5 Å². The van der Waals surface area contributed by atoms with E-state index in [9.17, 15) is 9.59 Å². The second-order valence-electron chi connectivity index (χ2n) is 8.77. The number of rotatable bonds is 6. The predicted molar refractivity (Wildman–Crippen MR) is 108 cm³/mol. The predicted octanol–water partition coefficient (Wildman–Crippen LogP) is 2.96. The van der Waals surface area contributed by atoms with E-state index in [4.69, 9.17) is 0 Å². The van der Waals surface area contributed by atoms with E-state index in [1.165, 1.54) is 31.3 Å². The highest BCUT2D eigenvalue weighted by Gasteiger charge is 2.30. The number of piperidine rings is 2. The number of carbonyl (C=O) groups excluding carboxylic acids is 2. The van der Waals surface area contributed by atoms with Gasteiger partial charge in [-0.05, 0) is 76.8 Å². The van der Waals surface area contributed by atoms with Crippen molar-refractivity contribution in [3.63, 3.8) is 0 Å². The van der Waals surface area contributed by atoms with Gasteiger partial charge in [0.25, 0.3) is 0 Å². The van der Waals surface area contributed by atoms with Crippen molar-refractivity contribution in [2.24, 2.45) is 11.8 Å². The summed E-state index contributed by atoms with van der Waals surface area (Å²) in [4.78, 5) is 29.2. The van der Waals surface area contributed by atoms with Crippen molar-refractivity contribution in [2.45, 2.75) is 64.7 Å². The lowest BCUT2D eigenvalue weighted by atomic mass is 9.92. The van der Waals surface area contributed by atoms with Crippen molar-refractivity contribution in [1.82, 2.24) is 15.1 Å². The van der Waals surface area contributed by atoms with E-state index in [2.05, 4.69) is 28.1 Å². The number of amides is 2. The summed E-state index contributed by atoms with van der Waals surface area (Å²) in [7, 11) is 0. The average molecular weight is 376 g/mol. The normalized spacial score (nSPS) is 23.1. The van der Waals surface area contributed by atoms with E-state index < -0.39 is 0 Å². The third-order valence-electron chi connectivity index (χ3n) is 6.55. The van der Waals surface area contributed by atoms with E-state index >= 15 is 0 Å². The first-order chi connectivity index (χ1) is 13.1. The molecule has 0 aromatic carbocycles. The molecule has 0 aromatic rings. The minimum Gasteiger partial charge on any atom is -0.355 e. The number of nitrogens with zero attached hydrogens (tertiary/aromatic N) is 2. The summed E-state index contributed by atoms with van der Waals surface area (Å²) in [6.45, 7) is 7.09. The molecule has 5 heteroatoms. The minimum absolute atomic E-state index is 0.126. The van der Waals surface area contributed by atoms with Gasteiger partial charge in [-0.1, -0.05) is 18.6 Å². The Hall–Kier alpha value is -1.36. The van der Waals surface area contributed by atoms with Crippen LogP contribution in [0.3, 0.4) is 0 Å². The second-order valence-corrected chi connectivity index (χ2v) is 8.77. The average Bonchev–Trinajstić information content (AvgIpc) is 2.69. The molecule has 0 unspecified atom stereocenters. The largest absolute Gasteiger partial charge is 0.355 e. The molecular weight excluding hydrogens is 338 g/mol. The Morgan fingerprint density at radius 1 is 1.07 bits per heavy atom. The monoisotopic (exact) mass is 375 g/mol. The molecule has 1 N–H and O–H groups in total. The van der Waals surface area contributed by atoms with Crippen LogP contribution in [-0.2, 0) is 9.59 Å². The van der Waals surface area contributed by atoms with Crippen LogP contribution in [0.5, 0.6) is 0 Å². The molecule has 27 heavy (non-hydrogen) atoms. The van der Waals surface area contributed by atoms with E-state index in [1.807, 2.05) is 0 Å². The van der Waals surface area contributed by atoms with Gasteiger partial charge in [-0.15, -0.1) is 0 Å². The van der Waals surface area contributed by atoms with Gasteiger partial charge in [-0.2, -0.15) is 0 Å². The first kappa shape index (κ1) is 20.4. The summed E-state index contributed by atoms with van der Waals surface area (Å²) < 4.78 is 0. The molecule has 0 aromatic heterocycles. The molecule has 0 atom stereocenters. The Bertz CT molecular complexity index is 530. The SMILES string of the molecule is CC1CCN(C(=O)C2CCN(CC(=O)NCCC3=CCCCC3)CC2)CC1. The van der Waals surface area contributed by atoms with Crippen LogP contribution in [0.25, 0.3) is 0 Å². The molecule has 0 bridgehead atoms. The van der Waals surface area contributed by atoms with Gasteiger partial charge < -0.3 is 10.2 Å². The van der Waals surface area contributed by atoms with E-state index in [1.54, 1.807) is 0 Å².